The number of nitrogens with zero attached hydrogens (tertiary/aromatic N) is 2. The summed E-state index contributed by atoms with van der Waals surface area (Å²) in [6.07, 6.45) is 7.18. The molecule has 1 aliphatic heterocycles. The summed E-state index contributed by atoms with van der Waals surface area (Å²) in [5.41, 5.74) is 0. The molecule has 5 nitrogen and oxygen atoms in total. The number of likely N-dealkylation sites (tertiary alicyclic amines) is 1. The fourth-order valence-corrected chi connectivity index (χ4v) is 3.30. The Hall–Kier alpha value is -0.910. The molecule has 1 unspecified atom stereocenters. The van der Waals surface area contributed by atoms with Gasteiger partial charge in [0.25, 0.3) is 0 Å². The molecule has 0 bridgehead atoms. The molecular formula is C13H22N2O3S. The number of carbonyl (C=O) groups is 2. The molecule has 2 aliphatic rings. The molecule has 108 valence electrons. The monoisotopic (exact) mass is 286 g/mol. The van der Waals surface area contributed by atoms with Crippen LogP contribution in [0.3, 0.4) is 0 Å². The van der Waals surface area contributed by atoms with E-state index in [0.29, 0.717) is 5.25 Å². The summed E-state index contributed by atoms with van der Waals surface area (Å²) < 4.78 is 0. The Morgan fingerprint density at radius 1 is 1.26 bits per heavy atom. The molecule has 0 spiro atoms. The van der Waals surface area contributed by atoms with Crippen LogP contribution in [0.25, 0.3) is 0 Å². The largest absolute Gasteiger partial charge is 0.480 e. The summed E-state index contributed by atoms with van der Waals surface area (Å²) >= 11 is 1.86. The lowest BCUT2D eigenvalue weighted by atomic mass is 10.2. The fourth-order valence-electron chi connectivity index (χ4n) is 2.56. The zero-order chi connectivity index (χ0) is 13.8. The Bertz CT molecular complexity index is 347. The minimum Gasteiger partial charge on any atom is -0.480 e. The summed E-state index contributed by atoms with van der Waals surface area (Å²) in [6.45, 7) is 1.36. The quantitative estimate of drug-likeness (QED) is 0.857. The fraction of sp³-hybridized carbons (Fsp3) is 0.846. The average molecular weight is 286 g/mol. The summed E-state index contributed by atoms with van der Waals surface area (Å²) in [7, 11) is 0. The van der Waals surface area contributed by atoms with Gasteiger partial charge in [0.05, 0.1) is 0 Å². The van der Waals surface area contributed by atoms with Crippen molar-refractivity contribution in [1.29, 1.82) is 0 Å². The van der Waals surface area contributed by atoms with Crippen LogP contribution in [-0.4, -0.2) is 64.1 Å². The molecule has 1 heterocycles. The van der Waals surface area contributed by atoms with Crippen molar-refractivity contribution >= 4 is 23.8 Å². The van der Waals surface area contributed by atoms with Gasteiger partial charge in [0, 0.05) is 24.4 Å². The van der Waals surface area contributed by atoms with Crippen molar-refractivity contribution in [3.05, 3.63) is 0 Å². The molecule has 1 atom stereocenters. The van der Waals surface area contributed by atoms with E-state index in [0.717, 1.165) is 45.2 Å². The molecule has 6 heteroatoms. The first-order valence-electron chi connectivity index (χ1n) is 6.92. The number of hydrogen-bond acceptors (Lipinski definition) is 3. The van der Waals surface area contributed by atoms with Crippen molar-refractivity contribution in [2.45, 2.75) is 43.4 Å². The van der Waals surface area contributed by atoms with Gasteiger partial charge in [-0.05, 0) is 38.4 Å². The summed E-state index contributed by atoms with van der Waals surface area (Å²) in [6, 6.07) is 0.0786. The summed E-state index contributed by atoms with van der Waals surface area (Å²) in [5, 5.41) is 9.56. The highest BCUT2D eigenvalue weighted by atomic mass is 32.2. The van der Waals surface area contributed by atoms with E-state index < -0.39 is 5.97 Å². The molecular weight excluding hydrogens is 264 g/mol. The van der Waals surface area contributed by atoms with Gasteiger partial charge in [0.1, 0.15) is 6.54 Å². The molecule has 1 saturated heterocycles. The van der Waals surface area contributed by atoms with Gasteiger partial charge in [-0.2, -0.15) is 11.8 Å². The van der Waals surface area contributed by atoms with Crippen molar-refractivity contribution in [2.24, 2.45) is 0 Å². The Labute approximate surface area is 118 Å². The Morgan fingerprint density at radius 2 is 2.00 bits per heavy atom. The number of aliphatic carboxylic acids is 1. The van der Waals surface area contributed by atoms with Gasteiger partial charge in [-0.3, -0.25) is 4.79 Å². The molecule has 2 fully saturated rings. The van der Waals surface area contributed by atoms with Crippen LogP contribution < -0.4 is 0 Å². The molecule has 1 saturated carbocycles. The van der Waals surface area contributed by atoms with E-state index in [1.807, 2.05) is 16.7 Å². The predicted octanol–water partition coefficient (Wildman–Crippen LogP) is 1.87. The van der Waals surface area contributed by atoms with Crippen LogP contribution in [-0.2, 0) is 4.79 Å². The smallest absolute Gasteiger partial charge is 0.323 e. The third kappa shape index (κ3) is 4.03. The maximum atomic E-state index is 12.4. The number of rotatable bonds is 4. The number of hydrogen-bond donors (Lipinski definition) is 1. The van der Waals surface area contributed by atoms with Gasteiger partial charge in [-0.1, -0.05) is 0 Å². The standard InChI is InChI=1S/C13H22N2O3S/c1-19-11-3-2-7-14(8-6-11)13(18)15(9-12(16)17)10-4-5-10/h10-11H,2-9H2,1H3,(H,16,17). The molecule has 2 amide bonds. The Morgan fingerprint density at radius 3 is 2.58 bits per heavy atom. The van der Waals surface area contributed by atoms with Crippen LogP contribution >= 0.6 is 11.8 Å². The highest BCUT2D eigenvalue weighted by Gasteiger charge is 2.36. The van der Waals surface area contributed by atoms with Crippen molar-refractivity contribution in [1.82, 2.24) is 9.80 Å². The number of amides is 2. The zero-order valence-electron chi connectivity index (χ0n) is 11.4. The van der Waals surface area contributed by atoms with Gasteiger partial charge in [0.2, 0.25) is 0 Å². The maximum Gasteiger partial charge on any atom is 0.323 e. The van der Waals surface area contributed by atoms with E-state index in [1.54, 1.807) is 4.90 Å². The zero-order valence-corrected chi connectivity index (χ0v) is 12.2. The third-order valence-electron chi connectivity index (χ3n) is 3.82. The van der Waals surface area contributed by atoms with Gasteiger partial charge in [-0.15, -0.1) is 0 Å². The van der Waals surface area contributed by atoms with Gasteiger partial charge in [-0.25, -0.2) is 4.79 Å². The molecule has 19 heavy (non-hydrogen) atoms. The minimum absolute atomic E-state index is 0.0772. The lowest BCUT2D eigenvalue weighted by Gasteiger charge is -2.29. The van der Waals surface area contributed by atoms with E-state index in [9.17, 15) is 9.59 Å². The van der Waals surface area contributed by atoms with Crippen LogP contribution in [0.5, 0.6) is 0 Å². The van der Waals surface area contributed by atoms with Crippen LogP contribution in [0.4, 0.5) is 4.79 Å². The lowest BCUT2D eigenvalue weighted by molar-refractivity contribution is -0.137. The van der Waals surface area contributed by atoms with Crippen molar-refractivity contribution < 1.29 is 14.7 Å². The number of carboxylic acids is 1. The lowest BCUT2D eigenvalue weighted by Crippen LogP contribution is -2.46. The number of thioether (sulfide) groups is 1. The first-order valence-corrected chi connectivity index (χ1v) is 8.20. The minimum atomic E-state index is -0.919. The normalized spacial score (nSPS) is 23.8. The molecule has 0 radical (unpaired) electrons. The summed E-state index contributed by atoms with van der Waals surface area (Å²) in [5.74, 6) is -0.919. The van der Waals surface area contributed by atoms with E-state index in [1.165, 1.54) is 0 Å². The summed E-state index contributed by atoms with van der Waals surface area (Å²) in [4.78, 5) is 26.7. The topological polar surface area (TPSA) is 60.9 Å². The Kier molecular flexibility index (Phi) is 4.96. The highest BCUT2D eigenvalue weighted by molar-refractivity contribution is 7.99. The van der Waals surface area contributed by atoms with Crippen molar-refractivity contribution in [3.8, 4) is 0 Å². The van der Waals surface area contributed by atoms with Crippen molar-refractivity contribution in [2.75, 3.05) is 25.9 Å². The first-order chi connectivity index (χ1) is 9.11. The molecule has 2 rings (SSSR count). The molecule has 1 aliphatic carbocycles. The molecule has 0 aromatic carbocycles. The number of urea groups is 1. The SMILES string of the molecule is CSC1CCCN(C(=O)N(CC(=O)O)C2CC2)CC1. The van der Waals surface area contributed by atoms with Crippen LogP contribution in [0.1, 0.15) is 32.1 Å². The molecule has 0 aromatic rings. The van der Waals surface area contributed by atoms with Gasteiger partial charge < -0.3 is 14.9 Å². The third-order valence-corrected chi connectivity index (χ3v) is 4.96. The van der Waals surface area contributed by atoms with Crippen molar-refractivity contribution in [3.63, 3.8) is 0 Å². The van der Waals surface area contributed by atoms with Crippen LogP contribution in [0.2, 0.25) is 0 Å². The number of carbonyl (C=O) groups excluding carboxylic acids is 1. The van der Waals surface area contributed by atoms with Gasteiger partial charge in [0.15, 0.2) is 0 Å². The maximum absolute atomic E-state index is 12.4. The van der Waals surface area contributed by atoms with Crippen LogP contribution in [0, 0.1) is 0 Å². The van der Waals surface area contributed by atoms with E-state index in [4.69, 9.17) is 5.11 Å². The van der Waals surface area contributed by atoms with E-state index >= 15 is 0 Å². The highest BCUT2D eigenvalue weighted by Crippen LogP contribution is 2.29. The van der Waals surface area contributed by atoms with E-state index in [2.05, 4.69) is 6.26 Å². The Balaban J connectivity index is 1.94. The predicted molar refractivity (Wildman–Crippen MR) is 75.5 cm³/mol. The van der Waals surface area contributed by atoms with Gasteiger partial charge >= 0.3 is 12.0 Å². The first kappa shape index (κ1) is 14.5. The second kappa shape index (κ2) is 6.50. The number of carboxylic acid groups (broad SMARTS) is 1. The molecule has 1 N–H and O–H groups in total. The van der Waals surface area contributed by atoms with E-state index in [-0.39, 0.29) is 18.6 Å². The average Bonchev–Trinajstić information content (AvgIpc) is 3.20. The second-order valence-electron chi connectivity index (χ2n) is 5.31. The van der Waals surface area contributed by atoms with Crippen LogP contribution in [0.15, 0.2) is 0 Å². The molecule has 0 aromatic heterocycles. The second-order valence-corrected chi connectivity index (χ2v) is 6.45.